The maximum Gasteiger partial charge on any atom is 0.224 e. The molecule has 0 bridgehead atoms. The summed E-state index contributed by atoms with van der Waals surface area (Å²) in [5.74, 6) is 1.14. The van der Waals surface area contributed by atoms with Gasteiger partial charge >= 0.3 is 0 Å². The number of amides is 1. The van der Waals surface area contributed by atoms with Crippen molar-refractivity contribution in [3.05, 3.63) is 22.3 Å². The van der Waals surface area contributed by atoms with Crippen LogP contribution in [0.1, 0.15) is 18.4 Å². The van der Waals surface area contributed by atoms with Crippen LogP contribution in [0.2, 0.25) is 0 Å². The van der Waals surface area contributed by atoms with Gasteiger partial charge in [-0.25, -0.2) is 4.98 Å². The molecular weight excluding hydrogens is 294 g/mol. The molecule has 1 N–H and O–H groups in total. The summed E-state index contributed by atoms with van der Waals surface area (Å²) >= 11 is 3.59. The van der Waals surface area contributed by atoms with E-state index in [-0.39, 0.29) is 11.8 Å². The van der Waals surface area contributed by atoms with Crippen LogP contribution in [-0.2, 0) is 4.79 Å². The van der Waals surface area contributed by atoms with Crippen molar-refractivity contribution in [3.63, 3.8) is 0 Å². The van der Waals surface area contributed by atoms with Gasteiger partial charge < -0.3 is 10.2 Å². The Labute approximate surface area is 116 Å². The van der Waals surface area contributed by atoms with E-state index < -0.39 is 0 Å². The van der Waals surface area contributed by atoms with Gasteiger partial charge in [0.1, 0.15) is 5.82 Å². The predicted molar refractivity (Wildman–Crippen MR) is 75.7 cm³/mol. The van der Waals surface area contributed by atoms with Crippen LogP contribution >= 0.6 is 15.9 Å². The molecule has 1 aromatic rings. The third kappa shape index (κ3) is 2.66. The predicted octanol–water partition coefficient (Wildman–Crippen LogP) is 2.11. The Bertz CT molecular complexity index is 450. The van der Waals surface area contributed by atoms with Crippen LogP contribution in [0.4, 0.5) is 5.82 Å². The zero-order chi connectivity index (χ0) is 13.1. The van der Waals surface area contributed by atoms with Crippen molar-refractivity contribution in [3.8, 4) is 0 Å². The molecule has 1 saturated heterocycles. The average molecular weight is 312 g/mol. The first-order valence-corrected chi connectivity index (χ1v) is 7.00. The highest BCUT2D eigenvalue weighted by Gasteiger charge is 2.26. The average Bonchev–Trinajstić information content (AvgIpc) is 2.41. The van der Waals surface area contributed by atoms with Crippen LogP contribution in [0.3, 0.4) is 0 Å². The van der Waals surface area contributed by atoms with Gasteiger partial charge in [0.05, 0.1) is 10.4 Å². The number of piperidine rings is 1. The SMILES string of the molecule is CNC(=O)[C@H]1CCCN(c2nccc(C)c2Br)C1. The summed E-state index contributed by atoms with van der Waals surface area (Å²) in [6.07, 6.45) is 3.80. The summed E-state index contributed by atoms with van der Waals surface area (Å²) in [6.45, 7) is 3.76. The fourth-order valence-corrected chi connectivity index (χ4v) is 2.82. The van der Waals surface area contributed by atoms with Crippen molar-refractivity contribution < 1.29 is 4.79 Å². The molecule has 0 aromatic carbocycles. The Morgan fingerprint density at radius 2 is 2.39 bits per heavy atom. The molecule has 1 fully saturated rings. The second-order valence-corrected chi connectivity index (χ2v) is 5.46. The van der Waals surface area contributed by atoms with Gasteiger partial charge in [0.15, 0.2) is 0 Å². The van der Waals surface area contributed by atoms with Gasteiger partial charge in [-0.3, -0.25) is 4.79 Å². The van der Waals surface area contributed by atoms with Gasteiger partial charge in [0, 0.05) is 26.3 Å². The van der Waals surface area contributed by atoms with Crippen molar-refractivity contribution in [1.29, 1.82) is 0 Å². The summed E-state index contributed by atoms with van der Waals surface area (Å²) in [5.41, 5.74) is 1.17. The van der Waals surface area contributed by atoms with Crippen LogP contribution in [0.25, 0.3) is 0 Å². The number of hydrogen-bond acceptors (Lipinski definition) is 3. The number of rotatable bonds is 2. The molecule has 1 aliphatic rings. The number of carbonyl (C=O) groups excluding carboxylic acids is 1. The number of nitrogens with one attached hydrogen (secondary N) is 1. The monoisotopic (exact) mass is 311 g/mol. The Kier molecular flexibility index (Phi) is 4.22. The summed E-state index contributed by atoms with van der Waals surface area (Å²) in [7, 11) is 1.70. The molecule has 0 aliphatic carbocycles. The Hall–Kier alpha value is -1.10. The number of anilines is 1. The van der Waals surface area contributed by atoms with Crippen LogP contribution < -0.4 is 10.2 Å². The molecule has 18 heavy (non-hydrogen) atoms. The number of aryl methyl sites for hydroxylation is 1. The van der Waals surface area contributed by atoms with Gasteiger partial charge in [0.2, 0.25) is 5.91 Å². The van der Waals surface area contributed by atoms with Crippen molar-refractivity contribution in [1.82, 2.24) is 10.3 Å². The van der Waals surface area contributed by atoms with Crippen molar-refractivity contribution in [2.75, 3.05) is 25.0 Å². The first-order chi connectivity index (χ1) is 8.63. The Balaban J connectivity index is 2.18. The van der Waals surface area contributed by atoms with Crippen LogP contribution in [0.5, 0.6) is 0 Å². The molecule has 1 aromatic heterocycles. The molecule has 0 radical (unpaired) electrons. The number of carbonyl (C=O) groups is 1. The van der Waals surface area contributed by atoms with Crippen LogP contribution in [0, 0.1) is 12.8 Å². The minimum Gasteiger partial charge on any atom is -0.359 e. The molecule has 0 spiro atoms. The molecule has 0 unspecified atom stereocenters. The summed E-state index contributed by atoms with van der Waals surface area (Å²) in [6, 6.07) is 1.98. The zero-order valence-electron chi connectivity index (χ0n) is 10.7. The first kappa shape index (κ1) is 13.3. The van der Waals surface area contributed by atoms with E-state index in [2.05, 4.69) is 38.1 Å². The third-order valence-corrected chi connectivity index (χ3v) is 4.38. The standard InChI is InChI=1S/C13H18BrN3O/c1-9-5-6-16-12(11(9)14)17-7-3-4-10(8-17)13(18)15-2/h5-6,10H,3-4,7-8H2,1-2H3,(H,15,18)/t10-/m0/s1. The number of hydrogen-bond donors (Lipinski definition) is 1. The van der Waals surface area contributed by atoms with E-state index in [1.807, 2.05) is 12.3 Å². The maximum atomic E-state index is 11.7. The van der Waals surface area contributed by atoms with E-state index >= 15 is 0 Å². The Morgan fingerprint density at radius 3 is 3.11 bits per heavy atom. The lowest BCUT2D eigenvalue weighted by Gasteiger charge is -2.33. The highest BCUT2D eigenvalue weighted by molar-refractivity contribution is 9.10. The molecule has 5 heteroatoms. The van der Waals surface area contributed by atoms with Crippen molar-refractivity contribution in [2.45, 2.75) is 19.8 Å². The molecule has 4 nitrogen and oxygen atoms in total. The highest BCUT2D eigenvalue weighted by atomic mass is 79.9. The minimum atomic E-state index is 0.0676. The van der Waals surface area contributed by atoms with E-state index in [0.29, 0.717) is 0 Å². The fraction of sp³-hybridized carbons (Fsp3) is 0.538. The maximum absolute atomic E-state index is 11.7. The van der Waals surface area contributed by atoms with Gasteiger partial charge in [0.25, 0.3) is 0 Å². The summed E-state index contributed by atoms with van der Waals surface area (Å²) < 4.78 is 1.03. The smallest absolute Gasteiger partial charge is 0.224 e. The van der Waals surface area contributed by atoms with E-state index in [0.717, 1.165) is 36.2 Å². The molecule has 2 rings (SSSR count). The molecule has 1 atom stereocenters. The Morgan fingerprint density at radius 1 is 1.61 bits per heavy atom. The second-order valence-electron chi connectivity index (χ2n) is 4.66. The van der Waals surface area contributed by atoms with E-state index in [4.69, 9.17) is 0 Å². The zero-order valence-corrected chi connectivity index (χ0v) is 12.3. The summed E-state index contributed by atoms with van der Waals surface area (Å²) in [5, 5.41) is 2.73. The summed E-state index contributed by atoms with van der Waals surface area (Å²) in [4.78, 5) is 18.4. The molecule has 1 aliphatic heterocycles. The highest BCUT2D eigenvalue weighted by Crippen LogP contribution is 2.30. The van der Waals surface area contributed by atoms with Crippen LogP contribution in [0.15, 0.2) is 16.7 Å². The lowest BCUT2D eigenvalue weighted by Crippen LogP contribution is -2.42. The topological polar surface area (TPSA) is 45.2 Å². The minimum absolute atomic E-state index is 0.0676. The molecule has 0 saturated carbocycles. The lowest BCUT2D eigenvalue weighted by atomic mass is 9.97. The number of halogens is 1. The third-order valence-electron chi connectivity index (χ3n) is 3.40. The van der Waals surface area contributed by atoms with Gasteiger partial charge in [-0.15, -0.1) is 0 Å². The molecule has 98 valence electrons. The molecule has 2 heterocycles. The van der Waals surface area contributed by atoms with Crippen LogP contribution in [-0.4, -0.2) is 31.0 Å². The number of nitrogens with zero attached hydrogens (tertiary/aromatic N) is 2. The lowest BCUT2D eigenvalue weighted by molar-refractivity contribution is -0.124. The van der Waals surface area contributed by atoms with Crippen molar-refractivity contribution in [2.24, 2.45) is 5.92 Å². The van der Waals surface area contributed by atoms with E-state index in [9.17, 15) is 4.79 Å². The van der Waals surface area contributed by atoms with E-state index in [1.165, 1.54) is 5.56 Å². The largest absolute Gasteiger partial charge is 0.359 e. The van der Waals surface area contributed by atoms with Gasteiger partial charge in [-0.2, -0.15) is 0 Å². The second kappa shape index (κ2) is 5.69. The normalized spacial score (nSPS) is 19.7. The van der Waals surface area contributed by atoms with E-state index in [1.54, 1.807) is 7.05 Å². The molecule has 1 amide bonds. The number of aromatic nitrogens is 1. The molecular formula is C13H18BrN3O. The first-order valence-electron chi connectivity index (χ1n) is 6.21. The van der Waals surface area contributed by atoms with Gasteiger partial charge in [-0.05, 0) is 47.3 Å². The van der Waals surface area contributed by atoms with Gasteiger partial charge in [-0.1, -0.05) is 0 Å². The quantitative estimate of drug-likeness (QED) is 0.910. The fourth-order valence-electron chi connectivity index (χ4n) is 2.33. The number of pyridine rings is 1. The van der Waals surface area contributed by atoms with Crippen molar-refractivity contribution >= 4 is 27.7 Å².